The lowest BCUT2D eigenvalue weighted by Gasteiger charge is -2.39. The zero-order valence-electron chi connectivity index (χ0n) is 20.7. The standard InChI is InChI=1S/C28H34N4O2/c1-5-29-13-15-31(7-3)23-17-19(9-11-21(23)29)25-27(33)26(28(25)34)20-10-12-22-24(18-20)32(8-4)16-14-30(22)6-2/h9-12,17-18H,5-8,13-16H2,1-4H3. The molecule has 0 unspecified atom stereocenters. The van der Waals surface area contributed by atoms with E-state index in [0.717, 1.165) is 74.5 Å². The fourth-order valence-corrected chi connectivity index (χ4v) is 5.60. The molecule has 0 N–H and O–H groups in total. The van der Waals surface area contributed by atoms with E-state index in [1.54, 1.807) is 0 Å². The number of Topliss-reactive ketones (excluding diaryl/α,β-unsaturated/α-hetero) is 1. The van der Waals surface area contributed by atoms with Crippen molar-refractivity contribution in [3.63, 3.8) is 0 Å². The monoisotopic (exact) mass is 458 g/mol. The minimum absolute atomic E-state index is 0.137. The van der Waals surface area contributed by atoms with Crippen LogP contribution in [0.25, 0.3) is 11.1 Å². The number of fused-ring (bicyclic) bond motifs is 2. The minimum atomic E-state index is -0.137. The lowest BCUT2D eigenvalue weighted by atomic mass is 9.82. The molecule has 1 aliphatic carbocycles. The van der Waals surface area contributed by atoms with Crippen molar-refractivity contribution in [2.75, 3.05) is 67.1 Å². The number of carbonyl (C=O) groups excluding carboxylic acids is 1. The zero-order chi connectivity index (χ0) is 24.0. The van der Waals surface area contributed by atoms with Crippen molar-refractivity contribution in [3.8, 4) is 0 Å². The lowest BCUT2D eigenvalue weighted by Crippen LogP contribution is -2.47. The summed E-state index contributed by atoms with van der Waals surface area (Å²) >= 11 is 0. The normalized spacial score (nSPS) is 19.4. The highest BCUT2D eigenvalue weighted by Crippen LogP contribution is 2.40. The molecular weight excluding hydrogens is 424 g/mol. The van der Waals surface area contributed by atoms with Crippen LogP contribution < -0.4 is 35.0 Å². The Labute approximate surface area is 201 Å². The van der Waals surface area contributed by atoms with Crippen molar-refractivity contribution in [3.05, 3.63) is 58.3 Å². The quantitative estimate of drug-likeness (QED) is 0.631. The Balaban J connectivity index is 1.61. The summed E-state index contributed by atoms with van der Waals surface area (Å²) in [4.78, 5) is 20.3. The number of rotatable bonds is 5. The van der Waals surface area contributed by atoms with Crippen LogP contribution in [0.2, 0.25) is 0 Å². The first-order valence-corrected chi connectivity index (χ1v) is 12.6. The van der Waals surface area contributed by atoms with Gasteiger partial charge < -0.3 is 19.8 Å². The van der Waals surface area contributed by atoms with Crippen LogP contribution in [-0.2, 0) is 4.79 Å². The van der Waals surface area contributed by atoms with Gasteiger partial charge in [-0.25, -0.2) is 4.58 Å². The summed E-state index contributed by atoms with van der Waals surface area (Å²) in [6.07, 6.45) is 0. The fraction of sp³-hybridized carbons (Fsp3) is 0.429. The summed E-state index contributed by atoms with van der Waals surface area (Å²) in [5.41, 5.74) is 4.78. The van der Waals surface area contributed by atoms with E-state index in [0.29, 0.717) is 11.1 Å². The van der Waals surface area contributed by atoms with Crippen LogP contribution in [0.4, 0.5) is 17.1 Å². The molecule has 0 bridgehead atoms. The van der Waals surface area contributed by atoms with E-state index < -0.39 is 0 Å². The van der Waals surface area contributed by atoms with E-state index in [2.05, 4.69) is 59.1 Å². The Bertz CT molecular complexity index is 1310. The summed E-state index contributed by atoms with van der Waals surface area (Å²) in [7, 11) is 0. The Hall–Kier alpha value is -3.28. The third-order valence-electron chi connectivity index (χ3n) is 7.61. The van der Waals surface area contributed by atoms with E-state index >= 15 is 0 Å². The molecule has 2 aliphatic heterocycles. The van der Waals surface area contributed by atoms with Gasteiger partial charge in [0.05, 0.1) is 17.9 Å². The number of ketones is 1. The van der Waals surface area contributed by atoms with Gasteiger partial charge in [-0.3, -0.25) is 4.79 Å². The van der Waals surface area contributed by atoms with Gasteiger partial charge in [-0.2, -0.15) is 0 Å². The largest absolute Gasteiger partial charge is 0.871 e. The van der Waals surface area contributed by atoms with Crippen molar-refractivity contribution < 1.29 is 9.90 Å². The zero-order valence-corrected chi connectivity index (χ0v) is 20.7. The highest BCUT2D eigenvalue weighted by molar-refractivity contribution is 6.51. The van der Waals surface area contributed by atoms with Crippen LogP contribution in [0.1, 0.15) is 33.3 Å². The Morgan fingerprint density at radius 1 is 0.794 bits per heavy atom. The average molecular weight is 459 g/mol. The first-order valence-electron chi connectivity index (χ1n) is 12.6. The fourth-order valence-electron chi connectivity index (χ4n) is 5.60. The number of hydrogen-bond acceptors (Lipinski definition) is 5. The second-order valence-electron chi connectivity index (χ2n) is 9.13. The summed E-state index contributed by atoms with van der Waals surface area (Å²) in [5, 5.41) is 15.2. The summed E-state index contributed by atoms with van der Waals surface area (Å²) in [6.45, 7) is 16.2. The number of carbonyl (C=O) groups is 1. The van der Waals surface area contributed by atoms with Crippen LogP contribution in [0.5, 0.6) is 0 Å². The Morgan fingerprint density at radius 2 is 1.47 bits per heavy atom. The van der Waals surface area contributed by atoms with Gasteiger partial charge in [-0.15, -0.1) is 0 Å². The van der Waals surface area contributed by atoms with Crippen molar-refractivity contribution in [2.45, 2.75) is 27.7 Å². The Kier molecular flexibility index (Phi) is 5.84. The number of benzene rings is 2. The lowest BCUT2D eigenvalue weighted by molar-refractivity contribution is -0.292. The Morgan fingerprint density at radius 3 is 2.12 bits per heavy atom. The maximum atomic E-state index is 13.3. The van der Waals surface area contributed by atoms with E-state index in [9.17, 15) is 9.90 Å². The molecule has 2 aromatic carbocycles. The number of hydrogen-bond donors (Lipinski definition) is 0. The SMILES string of the molecule is CCN1CCN(CC)c2cc(C3=C([O-])C(=c4ccc5c(c4)N(CC)CC[N+]=5CC)C3=O)ccc21. The molecule has 6 nitrogen and oxygen atoms in total. The molecule has 0 spiro atoms. The molecule has 0 saturated carbocycles. The van der Waals surface area contributed by atoms with Crippen LogP contribution >= 0.6 is 0 Å². The predicted octanol–water partition coefficient (Wildman–Crippen LogP) is 1.21. The first kappa shape index (κ1) is 22.5. The molecule has 5 rings (SSSR count). The molecular formula is C28H34N4O2. The van der Waals surface area contributed by atoms with Crippen LogP contribution in [-0.4, -0.2) is 58.1 Å². The topological polar surface area (TPSA) is 52.9 Å². The summed E-state index contributed by atoms with van der Waals surface area (Å²) < 4.78 is 2.35. The first-order chi connectivity index (χ1) is 16.5. The van der Waals surface area contributed by atoms with Crippen molar-refractivity contribution in [1.29, 1.82) is 0 Å². The second kappa shape index (κ2) is 8.82. The minimum Gasteiger partial charge on any atom is -0.871 e. The molecule has 0 amide bonds. The highest BCUT2D eigenvalue weighted by Gasteiger charge is 2.31. The maximum Gasteiger partial charge on any atom is 0.223 e. The van der Waals surface area contributed by atoms with Crippen molar-refractivity contribution in [1.82, 2.24) is 4.58 Å². The summed E-state index contributed by atoms with van der Waals surface area (Å²) in [6, 6.07) is 12.1. The molecule has 2 heterocycles. The van der Waals surface area contributed by atoms with E-state index in [-0.39, 0.29) is 11.5 Å². The number of anilines is 3. The van der Waals surface area contributed by atoms with Gasteiger partial charge in [0.25, 0.3) is 0 Å². The average Bonchev–Trinajstić information content (AvgIpc) is 2.87. The molecule has 178 valence electrons. The van der Waals surface area contributed by atoms with Crippen LogP contribution in [0, 0.1) is 0 Å². The number of nitrogens with zero attached hydrogens (tertiary/aromatic N) is 4. The number of allylic oxidation sites excluding steroid dienone is 2. The molecule has 3 aliphatic rings. The molecule has 0 aromatic heterocycles. The van der Waals surface area contributed by atoms with Gasteiger partial charge in [0, 0.05) is 49.9 Å². The maximum absolute atomic E-state index is 13.3. The van der Waals surface area contributed by atoms with Gasteiger partial charge >= 0.3 is 0 Å². The molecule has 2 aromatic rings. The molecule has 0 saturated heterocycles. The van der Waals surface area contributed by atoms with Gasteiger partial charge in [-0.05, 0) is 62.7 Å². The predicted molar refractivity (Wildman–Crippen MR) is 138 cm³/mol. The van der Waals surface area contributed by atoms with E-state index in [1.165, 1.54) is 11.0 Å². The van der Waals surface area contributed by atoms with Crippen molar-refractivity contribution in [2.24, 2.45) is 0 Å². The third-order valence-corrected chi connectivity index (χ3v) is 7.61. The van der Waals surface area contributed by atoms with E-state index in [1.807, 2.05) is 24.3 Å². The van der Waals surface area contributed by atoms with Gasteiger partial charge in [0.1, 0.15) is 12.2 Å². The summed E-state index contributed by atoms with van der Waals surface area (Å²) in [5.74, 6) is -0.273. The highest BCUT2D eigenvalue weighted by atomic mass is 16.3. The van der Waals surface area contributed by atoms with Crippen molar-refractivity contribution >= 4 is 34.0 Å². The molecule has 0 atom stereocenters. The van der Waals surface area contributed by atoms with Gasteiger partial charge in [0.15, 0.2) is 12.3 Å². The molecule has 34 heavy (non-hydrogen) atoms. The third kappa shape index (κ3) is 3.39. The molecule has 6 heteroatoms. The molecule has 0 fully saturated rings. The second-order valence-corrected chi connectivity index (χ2v) is 9.13. The van der Waals surface area contributed by atoms with Gasteiger partial charge in [-0.1, -0.05) is 11.8 Å². The van der Waals surface area contributed by atoms with E-state index in [4.69, 9.17) is 0 Å². The van der Waals surface area contributed by atoms with Crippen LogP contribution in [0.3, 0.4) is 0 Å². The molecule has 0 radical (unpaired) electrons. The van der Waals surface area contributed by atoms with Crippen LogP contribution in [0.15, 0.2) is 42.2 Å². The number of likely N-dealkylation sites (N-methyl/N-ethyl adjacent to an activating group) is 4. The van der Waals surface area contributed by atoms with Gasteiger partial charge in [0.2, 0.25) is 5.36 Å². The smallest absolute Gasteiger partial charge is 0.223 e.